The van der Waals surface area contributed by atoms with Gasteiger partial charge in [0.05, 0.1) is 31.3 Å². The van der Waals surface area contributed by atoms with E-state index < -0.39 is 5.60 Å². The molecule has 1 aromatic carbocycles. The van der Waals surface area contributed by atoms with E-state index in [0.29, 0.717) is 23.8 Å². The summed E-state index contributed by atoms with van der Waals surface area (Å²) in [6, 6.07) is 13.5. The third-order valence-electron chi connectivity index (χ3n) is 8.03. The number of methoxy groups -OCH3 is 1. The number of ether oxygens (including phenoxy) is 1. The Morgan fingerprint density at radius 2 is 1.86 bits per heavy atom. The number of hydrogen-bond acceptors (Lipinski definition) is 8. The summed E-state index contributed by atoms with van der Waals surface area (Å²) in [5.41, 5.74) is 10.6. The van der Waals surface area contributed by atoms with Gasteiger partial charge in [-0.3, -0.25) is 4.99 Å². The molecule has 0 radical (unpaired) electrons. The van der Waals surface area contributed by atoms with Crippen molar-refractivity contribution >= 4 is 11.5 Å². The minimum Gasteiger partial charge on any atom is -0.481 e. The lowest BCUT2D eigenvalue weighted by molar-refractivity contribution is 0.133. The Kier molecular flexibility index (Phi) is 5.12. The van der Waals surface area contributed by atoms with Crippen molar-refractivity contribution in [2.24, 2.45) is 16.1 Å². The van der Waals surface area contributed by atoms with Crippen molar-refractivity contribution in [3.8, 4) is 5.88 Å². The van der Waals surface area contributed by atoms with Gasteiger partial charge in [0.25, 0.3) is 0 Å². The van der Waals surface area contributed by atoms with Crippen LogP contribution in [0.15, 0.2) is 53.7 Å². The van der Waals surface area contributed by atoms with Crippen molar-refractivity contribution in [1.82, 2.24) is 15.0 Å². The Balaban J connectivity index is 1.18. The first-order valence-electron chi connectivity index (χ1n) is 12.1. The maximum atomic E-state index is 11.3. The van der Waals surface area contributed by atoms with Crippen LogP contribution in [0.4, 0.5) is 5.82 Å². The van der Waals surface area contributed by atoms with Crippen LogP contribution < -0.4 is 15.4 Å². The Labute approximate surface area is 204 Å². The van der Waals surface area contributed by atoms with Gasteiger partial charge in [0, 0.05) is 30.9 Å². The van der Waals surface area contributed by atoms with Crippen LogP contribution in [0.3, 0.4) is 0 Å². The molecule has 1 spiro atoms. The summed E-state index contributed by atoms with van der Waals surface area (Å²) < 4.78 is 5.32. The summed E-state index contributed by atoms with van der Waals surface area (Å²) in [5.74, 6) is 1.50. The standard InChI is InChI=1S/C27H30N6O2/c1-26(34,17-6-4-3-5-7-17)25-23-20(15-30-25)31-21(16-29-23)33-12-10-27(11-13-33)14-19-18(24(27)28)8-9-22(32-19)35-2/h3-9,16,24,34H,10-15,28H2,1-2H3/t24-,26?/m1/s1. The van der Waals surface area contributed by atoms with Crippen LogP contribution in [-0.4, -0.2) is 46.0 Å². The predicted molar refractivity (Wildman–Crippen MR) is 134 cm³/mol. The van der Waals surface area contributed by atoms with Crippen molar-refractivity contribution in [2.45, 2.75) is 44.4 Å². The molecule has 35 heavy (non-hydrogen) atoms. The highest BCUT2D eigenvalue weighted by atomic mass is 16.5. The van der Waals surface area contributed by atoms with Crippen molar-refractivity contribution in [3.63, 3.8) is 0 Å². The number of nitrogens with zero attached hydrogens (tertiary/aromatic N) is 5. The molecule has 2 atom stereocenters. The second-order valence-electron chi connectivity index (χ2n) is 10.0. The Morgan fingerprint density at radius 1 is 1.09 bits per heavy atom. The quantitative estimate of drug-likeness (QED) is 0.603. The van der Waals surface area contributed by atoms with Gasteiger partial charge in [-0.15, -0.1) is 0 Å². The number of nitrogens with two attached hydrogens (primary N) is 1. The lowest BCUT2D eigenvalue weighted by Crippen LogP contribution is -2.44. The van der Waals surface area contributed by atoms with Gasteiger partial charge in [0.1, 0.15) is 17.1 Å². The zero-order chi connectivity index (χ0) is 24.2. The third-order valence-corrected chi connectivity index (χ3v) is 8.03. The highest BCUT2D eigenvalue weighted by Crippen LogP contribution is 2.50. The first-order valence-corrected chi connectivity index (χ1v) is 12.1. The highest BCUT2D eigenvalue weighted by molar-refractivity contribution is 6.07. The number of anilines is 1. The van der Waals surface area contributed by atoms with E-state index >= 15 is 0 Å². The van der Waals surface area contributed by atoms with E-state index in [1.54, 1.807) is 14.0 Å². The van der Waals surface area contributed by atoms with Gasteiger partial charge in [0.2, 0.25) is 5.88 Å². The van der Waals surface area contributed by atoms with Gasteiger partial charge < -0.3 is 20.5 Å². The number of benzene rings is 1. The SMILES string of the molecule is COc1ccc2c(n1)CC1(CCN(c3cnc4c(n3)CN=C4C(C)(O)c3ccccc3)CC1)[C@@H]2N. The average molecular weight is 471 g/mol. The second-order valence-corrected chi connectivity index (χ2v) is 10.0. The van der Waals surface area contributed by atoms with E-state index in [4.69, 9.17) is 20.4 Å². The fourth-order valence-electron chi connectivity index (χ4n) is 5.86. The van der Waals surface area contributed by atoms with E-state index in [0.717, 1.165) is 60.7 Å². The van der Waals surface area contributed by atoms with Crippen LogP contribution in [0.1, 0.15) is 54.0 Å². The lowest BCUT2D eigenvalue weighted by atomic mass is 9.73. The molecule has 3 N–H and O–H groups in total. The number of aromatic nitrogens is 3. The van der Waals surface area contributed by atoms with Crippen molar-refractivity contribution in [2.75, 3.05) is 25.1 Å². The number of fused-ring (bicyclic) bond motifs is 2. The third kappa shape index (κ3) is 3.51. The van der Waals surface area contributed by atoms with Crippen molar-refractivity contribution in [3.05, 3.63) is 76.9 Å². The van der Waals surface area contributed by atoms with Gasteiger partial charge in [-0.05, 0) is 42.7 Å². The number of aliphatic imine (C=N–C) groups is 1. The van der Waals surface area contributed by atoms with Crippen molar-refractivity contribution < 1.29 is 9.84 Å². The molecule has 1 aliphatic carbocycles. The summed E-state index contributed by atoms with van der Waals surface area (Å²) >= 11 is 0. The minimum atomic E-state index is -1.22. The monoisotopic (exact) mass is 470 g/mol. The van der Waals surface area contributed by atoms with Gasteiger partial charge in [0.15, 0.2) is 0 Å². The molecular weight excluding hydrogens is 440 g/mol. The molecule has 0 saturated carbocycles. The normalized spacial score (nSPS) is 21.9. The molecular formula is C27H30N6O2. The lowest BCUT2D eigenvalue weighted by Gasteiger charge is -2.42. The first kappa shape index (κ1) is 22.1. The molecule has 1 saturated heterocycles. The van der Waals surface area contributed by atoms with Gasteiger partial charge in [-0.2, -0.15) is 0 Å². The Bertz CT molecular complexity index is 1300. The molecule has 8 heteroatoms. The Hall–Kier alpha value is -3.36. The maximum Gasteiger partial charge on any atom is 0.213 e. The first-order chi connectivity index (χ1) is 16.9. The van der Waals surface area contributed by atoms with Gasteiger partial charge in [-0.1, -0.05) is 36.4 Å². The maximum absolute atomic E-state index is 11.3. The predicted octanol–water partition coefficient (Wildman–Crippen LogP) is 2.93. The molecule has 2 aromatic heterocycles. The molecule has 3 aliphatic rings. The molecule has 0 bridgehead atoms. The fraction of sp³-hybridized carbons (Fsp3) is 0.407. The van der Waals surface area contributed by atoms with E-state index in [-0.39, 0.29) is 11.5 Å². The second kappa shape index (κ2) is 8.10. The Morgan fingerprint density at radius 3 is 2.60 bits per heavy atom. The summed E-state index contributed by atoms with van der Waals surface area (Å²) in [7, 11) is 1.65. The summed E-state index contributed by atoms with van der Waals surface area (Å²) in [6.45, 7) is 3.92. The summed E-state index contributed by atoms with van der Waals surface area (Å²) in [4.78, 5) is 21.2. The van der Waals surface area contributed by atoms with E-state index in [2.05, 4.69) is 20.9 Å². The largest absolute Gasteiger partial charge is 0.481 e. The fourth-order valence-corrected chi connectivity index (χ4v) is 5.86. The molecule has 4 heterocycles. The van der Waals surface area contributed by atoms with Gasteiger partial charge in [-0.25, -0.2) is 15.0 Å². The zero-order valence-corrected chi connectivity index (χ0v) is 20.1. The topological polar surface area (TPSA) is 110 Å². The van der Waals surface area contributed by atoms with E-state index in [9.17, 15) is 5.11 Å². The molecule has 1 fully saturated rings. The van der Waals surface area contributed by atoms with Crippen LogP contribution in [-0.2, 0) is 18.6 Å². The van der Waals surface area contributed by atoms with Crippen LogP contribution in [0, 0.1) is 5.41 Å². The zero-order valence-electron chi connectivity index (χ0n) is 20.1. The smallest absolute Gasteiger partial charge is 0.213 e. The molecule has 1 unspecified atom stereocenters. The number of rotatable bonds is 4. The molecule has 0 amide bonds. The minimum absolute atomic E-state index is 0.0136. The number of hydrogen-bond donors (Lipinski definition) is 2. The number of aliphatic hydroxyl groups is 1. The number of pyridine rings is 1. The van der Waals surface area contributed by atoms with E-state index in [1.807, 2.05) is 42.6 Å². The summed E-state index contributed by atoms with van der Waals surface area (Å²) in [6.07, 6.45) is 4.64. The van der Waals surface area contributed by atoms with Crippen LogP contribution in [0.5, 0.6) is 5.88 Å². The molecule has 180 valence electrons. The van der Waals surface area contributed by atoms with Crippen molar-refractivity contribution in [1.29, 1.82) is 0 Å². The van der Waals surface area contributed by atoms with E-state index in [1.165, 1.54) is 0 Å². The van der Waals surface area contributed by atoms with Crippen LogP contribution in [0.2, 0.25) is 0 Å². The number of piperidine rings is 1. The molecule has 2 aliphatic heterocycles. The van der Waals surface area contributed by atoms with Crippen LogP contribution >= 0.6 is 0 Å². The summed E-state index contributed by atoms with van der Waals surface area (Å²) in [5, 5.41) is 11.3. The molecule has 6 rings (SSSR count). The van der Waals surface area contributed by atoms with Gasteiger partial charge >= 0.3 is 0 Å². The van der Waals surface area contributed by atoms with Crippen LogP contribution in [0.25, 0.3) is 0 Å². The molecule has 3 aromatic rings. The molecule has 8 nitrogen and oxygen atoms in total. The average Bonchev–Trinajstić information content (AvgIpc) is 3.44. The highest BCUT2D eigenvalue weighted by Gasteiger charge is 2.47.